The van der Waals surface area contributed by atoms with Gasteiger partial charge in [0.15, 0.2) is 0 Å². The third-order valence-electron chi connectivity index (χ3n) is 4.50. The molecule has 1 aliphatic carbocycles. The molecule has 0 heterocycles. The summed E-state index contributed by atoms with van der Waals surface area (Å²) in [7, 11) is 0. The molecule has 4 nitrogen and oxygen atoms in total. The van der Waals surface area contributed by atoms with Gasteiger partial charge in [-0.3, -0.25) is 0 Å². The van der Waals surface area contributed by atoms with Gasteiger partial charge in [-0.1, -0.05) is 13.8 Å². The van der Waals surface area contributed by atoms with Gasteiger partial charge < -0.3 is 15.8 Å². The molecule has 0 bridgehead atoms. The van der Waals surface area contributed by atoms with Crippen molar-refractivity contribution in [3.05, 3.63) is 23.8 Å². The fourth-order valence-electron chi connectivity index (χ4n) is 2.96. The summed E-state index contributed by atoms with van der Waals surface area (Å²) in [5.41, 5.74) is 7.74. The molecule has 0 radical (unpaired) electrons. The Morgan fingerprint density at radius 3 is 2.76 bits per heavy atom. The maximum atomic E-state index is 12.1. The lowest BCUT2D eigenvalue weighted by Gasteiger charge is -2.33. The van der Waals surface area contributed by atoms with Gasteiger partial charge in [-0.2, -0.15) is 0 Å². The van der Waals surface area contributed by atoms with Crippen LogP contribution in [-0.4, -0.2) is 18.6 Å². The first-order valence-electron chi connectivity index (χ1n) is 7.84. The van der Waals surface area contributed by atoms with Crippen molar-refractivity contribution in [3.63, 3.8) is 0 Å². The number of esters is 1. The number of nitrogen functional groups attached to an aromatic ring is 1. The molecule has 2 rings (SSSR count). The summed E-state index contributed by atoms with van der Waals surface area (Å²) in [4.78, 5) is 12.1. The highest BCUT2D eigenvalue weighted by atomic mass is 16.5. The normalized spacial score (nSPS) is 25.4. The Morgan fingerprint density at radius 2 is 2.10 bits per heavy atom. The standard InChI is InChI=1S/C17H26N2O2/c1-4-21-17(20)15-10-13(18)6-8-16(15)19-14-7-5-11(2)12(3)9-14/h6,8,10-12,14,19H,4-5,7,9,18H2,1-3H3. The van der Waals surface area contributed by atoms with E-state index in [2.05, 4.69) is 19.2 Å². The number of rotatable bonds is 4. The van der Waals surface area contributed by atoms with Crippen molar-refractivity contribution in [2.24, 2.45) is 11.8 Å². The van der Waals surface area contributed by atoms with Crippen LogP contribution in [0.4, 0.5) is 11.4 Å². The van der Waals surface area contributed by atoms with E-state index in [1.54, 1.807) is 6.07 Å². The molecule has 0 saturated heterocycles. The monoisotopic (exact) mass is 290 g/mol. The van der Waals surface area contributed by atoms with E-state index in [0.29, 0.717) is 29.8 Å². The van der Waals surface area contributed by atoms with Gasteiger partial charge in [0.1, 0.15) is 0 Å². The van der Waals surface area contributed by atoms with Gasteiger partial charge in [-0.15, -0.1) is 0 Å². The van der Waals surface area contributed by atoms with Gasteiger partial charge in [0.2, 0.25) is 0 Å². The van der Waals surface area contributed by atoms with Crippen molar-refractivity contribution >= 4 is 17.3 Å². The molecule has 1 aliphatic rings. The number of anilines is 2. The van der Waals surface area contributed by atoms with Crippen LogP contribution in [0.15, 0.2) is 18.2 Å². The summed E-state index contributed by atoms with van der Waals surface area (Å²) in [6, 6.07) is 5.80. The summed E-state index contributed by atoms with van der Waals surface area (Å²) >= 11 is 0. The minimum Gasteiger partial charge on any atom is -0.462 e. The molecule has 1 aromatic rings. The predicted molar refractivity (Wildman–Crippen MR) is 86.4 cm³/mol. The van der Waals surface area contributed by atoms with E-state index in [4.69, 9.17) is 10.5 Å². The Kier molecular flexibility index (Phi) is 5.10. The molecule has 0 amide bonds. The first-order chi connectivity index (χ1) is 10.0. The van der Waals surface area contributed by atoms with Crippen LogP contribution in [0.2, 0.25) is 0 Å². The number of carbonyl (C=O) groups excluding carboxylic acids is 1. The Morgan fingerprint density at radius 1 is 1.33 bits per heavy atom. The molecule has 3 N–H and O–H groups in total. The van der Waals surface area contributed by atoms with Gasteiger partial charge in [0.05, 0.1) is 12.2 Å². The van der Waals surface area contributed by atoms with Gasteiger partial charge in [0, 0.05) is 17.4 Å². The van der Waals surface area contributed by atoms with Crippen LogP contribution in [-0.2, 0) is 4.74 Å². The average molecular weight is 290 g/mol. The molecule has 1 fully saturated rings. The van der Waals surface area contributed by atoms with Crippen molar-refractivity contribution in [1.29, 1.82) is 0 Å². The maximum Gasteiger partial charge on any atom is 0.340 e. The summed E-state index contributed by atoms with van der Waals surface area (Å²) < 4.78 is 5.12. The lowest BCUT2D eigenvalue weighted by atomic mass is 9.79. The number of nitrogens with one attached hydrogen (secondary N) is 1. The SMILES string of the molecule is CCOC(=O)c1cc(N)ccc1NC1CCC(C)C(C)C1. The average Bonchev–Trinajstić information content (AvgIpc) is 2.45. The van der Waals surface area contributed by atoms with Crippen molar-refractivity contribution < 1.29 is 9.53 Å². The van der Waals surface area contributed by atoms with E-state index in [1.807, 2.05) is 19.1 Å². The third-order valence-corrected chi connectivity index (χ3v) is 4.50. The largest absolute Gasteiger partial charge is 0.462 e. The second-order valence-electron chi connectivity index (χ2n) is 6.13. The topological polar surface area (TPSA) is 64.3 Å². The van der Waals surface area contributed by atoms with E-state index in [1.165, 1.54) is 6.42 Å². The second-order valence-corrected chi connectivity index (χ2v) is 6.13. The van der Waals surface area contributed by atoms with Crippen LogP contribution in [0.25, 0.3) is 0 Å². The van der Waals surface area contributed by atoms with Gasteiger partial charge in [0.25, 0.3) is 0 Å². The van der Waals surface area contributed by atoms with E-state index >= 15 is 0 Å². The van der Waals surface area contributed by atoms with Crippen LogP contribution < -0.4 is 11.1 Å². The minimum absolute atomic E-state index is 0.315. The van der Waals surface area contributed by atoms with E-state index in [-0.39, 0.29) is 5.97 Å². The summed E-state index contributed by atoms with van der Waals surface area (Å²) in [6.07, 6.45) is 3.49. The number of ether oxygens (including phenoxy) is 1. The zero-order valence-electron chi connectivity index (χ0n) is 13.2. The summed E-state index contributed by atoms with van der Waals surface area (Å²) in [5.74, 6) is 1.17. The number of hydrogen-bond acceptors (Lipinski definition) is 4. The fourth-order valence-corrected chi connectivity index (χ4v) is 2.96. The summed E-state index contributed by atoms with van der Waals surface area (Å²) in [6.45, 7) is 6.79. The Labute approximate surface area is 127 Å². The minimum atomic E-state index is -0.315. The quantitative estimate of drug-likeness (QED) is 0.656. The molecule has 0 spiro atoms. The number of benzene rings is 1. The fraction of sp³-hybridized carbons (Fsp3) is 0.588. The third kappa shape index (κ3) is 3.90. The first kappa shape index (κ1) is 15.7. The second kappa shape index (κ2) is 6.83. The van der Waals surface area contributed by atoms with Crippen LogP contribution in [0.5, 0.6) is 0 Å². The molecule has 3 atom stereocenters. The van der Waals surface area contributed by atoms with Crippen LogP contribution in [0.3, 0.4) is 0 Å². The predicted octanol–water partition coefficient (Wildman–Crippen LogP) is 3.68. The lowest BCUT2D eigenvalue weighted by molar-refractivity contribution is 0.0527. The molecule has 0 aromatic heterocycles. The molecule has 4 heteroatoms. The molecule has 1 aromatic carbocycles. The highest BCUT2D eigenvalue weighted by Gasteiger charge is 2.25. The van der Waals surface area contributed by atoms with E-state index in [9.17, 15) is 4.79 Å². The maximum absolute atomic E-state index is 12.1. The molecule has 0 aliphatic heterocycles. The number of nitrogens with two attached hydrogens (primary N) is 1. The zero-order valence-corrected chi connectivity index (χ0v) is 13.2. The molecule has 21 heavy (non-hydrogen) atoms. The lowest BCUT2D eigenvalue weighted by Crippen LogP contribution is -2.31. The highest BCUT2D eigenvalue weighted by Crippen LogP contribution is 2.32. The van der Waals surface area contributed by atoms with Crippen molar-refractivity contribution in [2.75, 3.05) is 17.7 Å². The van der Waals surface area contributed by atoms with Crippen LogP contribution in [0.1, 0.15) is 50.4 Å². The highest BCUT2D eigenvalue weighted by molar-refractivity contribution is 5.96. The molecule has 116 valence electrons. The summed E-state index contributed by atoms with van der Waals surface area (Å²) in [5, 5.41) is 3.51. The van der Waals surface area contributed by atoms with E-state index in [0.717, 1.165) is 24.4 Å². The van der Waals surface area contributed by atoms with Crippen molar-refractivity contribution in [1.82, 2.24) is 0 Å². The van der Waals surface area contributed by atoms with Gasteiger partial charge in [-0.25, -0.2) is 4.79 Å². The molecule has 1 saturated carbocycles. The number of hydrogen-bond donors (Lipinski definition) is 2. The molecular formula is C17H26N2O2. The Balaban J connectivity index is 2.14. The van der Waals surface area contributed by atoms with Crippen molar-refractivity contribution in [3.8, 4) is 0 Å². The van der Waals surface area contributed by atoms with Crippen molar-refractivity contribution in [2.45, 2.75) is 46.1 Å². The first-order valence-corrected chi connectivity index (χ1v) is 7.84. The molecule has 3 unspecified atom stereocenters. The number of carbonyl (C=O) groups is 1. The van der Waals surface area contributed by atoms with Crippen LogP contribution in [0, 0.1) is 11.8 Å². The smallest absolute Gasteiger partial charge is 0.340 e. The van der Waals surface area contributed by atoms with Gasteiger partial charge >= 0.3 is 5.97 Å². The molecular weight excluding hydrogens is 264 g/mol. The zero-order chi connectivity index (χ0) is 15.4. The Bertz CT molecular complexity index is 502. The Hall–Kier alpha value is -1.71. The van der Waals surface area contributed by atoms with Gasteiger partial charge in [-0.05, 0) is 56.2 Å². The van der Waals surface area contributed by atoms with E-state index < -0.39 is 0 Å². The van der Waals surface area contributed by atoms with Crippen LogP contribution >= 0.6 is 0 Å².